The van der Waals surface area contributed by atoms with Gasteiger partial charge in [-0.15, -0.1) is 5.10 Å². The first-order valence-corrected chi connectivity index (χ1v) is 6.66. The zero-order valence-corrected chi connectivity index (χ0v) is 11.5. The number of halogens is 1. The monoisotopic (exact) mass is 253 g/mol. The van der Waals surface area contributed by atoms with Crippen molar-refractivity contribution in [2.45, 2.75) is 39.8 Å². The minimum Gasteiger partial charge on any atom is -0.294 e. The Morgan fingerprint density at radius 1 is 1.29 bits per heavy atom. The van der Waals surface area contributed by atoms with Gasteiger partial charge in [0.25, 0.3) is 0 Å². The lowest BCUT2D eigenvalue weighted by Gasteiger charge is -2.40. The summed E-state index contributed by atoms with van der Waals surface area (Å²) in [5.41, 5.74) is 1.00. The van der Waals surface area contributed by atoms with Crippen molar-refractivity contribution >= 4 is 11.6 Å². The van der Waals surface area contributed by atoms with Gasteiger partial charge in [0.1, 0.15) is 0 Å². The molecule has 0 spiro atoms. The molecule has 1 aromatic heterocycles. The first kappa shape index (κ1) is 12.8. The molecule has 1 aliphatic rings. The van der Waals surface area contributed by atoms with Crippen molar-refractivity contribution in [3.05, 3.63) is 23.0 Å². The van der Waals surface area contributed by atoms with Crippen LogP contribution in [-0.4, -0.2) is 27.7 Å². The van der Waals surface area contributed by atoms with Crippen LogP contribution in [0.25, 0.3) is 0 Å². The fraction of sp³-hybridized carbons (Fsp3) is 0.692. The molecule has 2 heterocycles. The number of nitrogens with zero attached hydrogens (tertiary/aromatic N) is 3. The van der Waals surface area contributed by atoms with Gasteiger partial charge in [-0.25, -0.2) is 0 Å². The van der Waals surface area contributed by atoms with E-state index in [4.69, 9.17) is 11.6 Å². The zero-order chi connectivity index (χ0) is 12.4. The molecule has 2 rings (SSSR count). The Labute approximate surface area is 108 Å². The van der Waals surface area contributed by atoms with Crippen molar-refractivity contribution in [1.29, 1.82) is 0 Å². The van der Waals surface area contributed by atoms with Gasteiger partial charge in [-0.2, -0.15) is 5.10 Å². The van der Waals surface area contributed by atoms with Gasteiger partial charge in [0.15, 0.2) is 5.15 Å². The average molecular weight is 254 g/mol. The van der Waals surface area contributed by atoms with Crippen molar-refractivity contribution in [2.24, 2.45) is 11.8 Å². The van der Waals surface area contributed by atoms with Gasteiger partial charge in [0.2, 0.25) is 0 Å². The number of rotatable bonds is 2. The van der Waals surface area contributed by atoms with Crippen LogP contribution in [0.15, 0.2) is 12.1 Å². The van der Waals surface area contributed by atoms with Crippen LogP contribution in [0.1, 0.15) is 32.9 Å². The second kappa shape index (κ2) is 5.32. The van der Waals surface area contributed by atoms with Crippen LogP contribution in [0.5, 0.6) is 0 Å². The van der Waals surface area contributed by atoms with Crippen molar-refractivity contribution in [2.75, 3.05) is 6.54 Å². The molecule has 1 aromatic rings. The number of hydrogen-bond acceptors (Lipinski definition) is 3. The third kappa shape index (κ3) is 3.17. The van der Waals surface area contributed by atoms with Crippen LogP contribution in [0.4, 0.5) is 0 Å². The summed E-state index contributed by atoms with van der Waals surface area (Å²) in [7, 11) is 0. The van der Waals surface area contributed by atoms with E-state index in [0.717, 1.165) is 30.6 Å². The highest BCUT2D eigenvalue weighted by Crippen LogP contribution is 2.27. The lowest BCUT2D eigenvalue weighted by atomic mass is 9.86. The van der Waals surface area contributed by atoms with E-state index >= 15 is 0 Å². The lowest BCUT2D eigenvalue weighted by Crippen LogP contribution is -2.45. The van der Waals surface area contributed by atoms with Gasteiger partial charge in [0, 0.05) is 19.1 Å². The Bertz CT molecular complexity index is 365. The van der Waals surface area contributed by atoms with Crippen LogP contribution >= 0.6 is 11.6 Å². The topological polar surface area (TPSA) is 29.0 Å². The summed E-state index contributed by atoms with van der Waals surface area (Å²) in [6, 6.07) is 4.39. The van der Waals surface area contributed by atoms with E-state index in [9.17, 15) is 0 Å². The van der Waals surface area contributed by atoms with Crippen molar-refractivity contribution in [3.63, 3.8) is 0 Å². The Kier molecular flexibility index (Phi) is 4.00. The van der Waals surface area contributed by atoms with Crippen molar-refractivity contribution < 1.29 is 0 Å². The molecule has 3 atom stereocenters. The molecule has 0 radical (unpaired) electrons. The summed E-state index contributed by atoms with van der Waals surface area (Å²) in [6.45, 7) is 8.99. The summed E-state index contributed by atoms with van der Waals surface area (Å²) in [5.74, 6) is 1.51. The lowest BCUT2D eigenvalue weighted by molar-refractivity contribution is 0.0716. The molecule has 0 aromatic carbocycles. The first-order valence-electron chi connectivity index (χ1n) is 6.28. The molecular formula is C13H20ClN3. The molecular weight excluding hydrogens is 234 g/mol. The highest BCUT2D eigenvalue weighted by Gasteiger charge is 2.28. The summed E-state index contributed by atoms with van der Waals surface area (Å²) < 4.78 is 0. The Morgan fingerprint density at radius 3 is 2.71 bits per heavy atom. The molecule has 0 saturated carbocycles. The maximum absolute atomic E-state index is 5.74. The van der Waals surface area contributed by atoms with Gasteiger partial charge >= 0.3 is 0 Å². The first-order chi connectivity index (χ1) is 8.06. The SMILES string of the molecule is CC1CC(C)C(C)N(Cc2ccc(Cl)nn2)C1. The van der Waals surface area contributed by atoms with Gasteiger partial charge in [-0.05, 0) is 37.3 Å². The highest BCUT2D eigenvalue weighted by atomic mass is 35.5. The fourth-order valence-electron chi connectivity index (χ4n) is 2.68. The predicted molar refractivity (Wildman–Crippen MR) is 69.9 cm³/mol. The third-order valence-electron chi connectivity index (χ3n) is 3.77. The molecule has 0 aliphatic carbocycles. The predicted octanol–water partition coefficient (Wildman–Crippen LogP) is 3.00. The Balaban J connectivity index is 2.04. The number of piperidine rings is 1. The minimum absolute atomic E-state index is 0.460. The van der Waals surface area contributed by atoms with E-state index in [1.807, 2.05) is 12.1 Å². The van der Waals surface area contributed by atoms with E-state index in [2.05, 4.69) is 35.9 Å². The van der Waals surface area contributed by atoms with Gasteiger partial charge in [0.05, 0.1) is 5.69 Å². The maximum Gasteiger partial charge on any atom is 0.151 e. The standard InChI is InChI=1S/C13H20ClN3/c1-9-6-10(2)11(3)17(7-9)8-12-4-5-13(14)16-15-12/h4-5,9-11H,6-8H2,1-3H3. The Morgan fingerprint density at radius 2 is 2.06 bits per heavy atom. The molecule has 3 nitrogen and oxygen atoms in total. The summed E-state index contributed by atoms with van der Waals surface area (Å²) in [5, 5.41) is 8.49. The fourth-order valence-corrected chi connectivity index (χ4v) is 2.78. The quantitative estimate of drug-likeness (QED) is 0.811. The zero-order valence-electron chi connectivity index (χ0n) is 10.7. The summed E-state index contributed by atoms with van der Waals surface area (Å²) in [6.07, 6.45) is 1.32. The Hall–Kier alpha value is -0.670. The molecule has 0 bridgehead atoms. The number of likely N-dealkylation sites (tertiary alicyclic amines) is 1. The summed E-state index contributed by atoms with van der Waals surface area (Å²) in [4.78, 5) is 2.50. The molecule has 0 N–H and O–H groups in total. The van der Waals surface area contributed by atoms with Crippen LogP contribution < -0.4 is 0 Å². The number of aromatic nitrogens is 2. The molecule has 94 valence electrons. The van der Waals surface area contributed by atoms with Gasteiger partial charge in [-0.3, -0.25) is 4.90 Å². The van der Waals surface area contributed by atoms with E-state index in [1.165, 1.54) is 6.42 Å². The second-order valence-corrected chi connectivity index (χ2v) is 5.72. The molecule has 4 heteroatoms. The van der Waals surface area contributed by atoms with Gasteiger partial charge < -0.3 is 0 Å². The molecule has 17 heavy (non-hydrogen) atoms. The van der Waals surface area contributed by atoms with Crippen LogP contribution in [-0.2, 0) is 6.54 Å². The largest absolute Gasteiger partial charge is 0.294 e. The molecule has 1 saturated heterocycles. The van der Waals surface area contributed by atoms with E-state index < -0.39 is 0 Å². The van der Waals surface area contributed by atoms with E-state index in [0.29, 0.717) is 11.2 Å². The number of hydrogen-bond donors (Lipinski definition) is 0. The van der Waals surface area contributed by atoms with Crippen molar-refractivity contribution in [1.82, 2.24) is 15.1 Å². The normalized spacial score (nSPS) is 30.5. The minimum atomic E-state index is 0.460. The van der Waals surface area contributed by atoms with Crippen molar-refractivity contribution in [3.8, 4) is 0 Å². The third-order valence-corrected chi connectivity index (χ3v) is 3.97. The molecule has 1 aliphatic heterocycles. The van der Waals surface area contributed by atoms with Crippen LogP contribution in [0, 0.1) is 11.8 Å². The summed E-state index contributed by atoms with van der Waals surface area (Å²) >= 11 is 5.74. The van der Waals surface area contributed by atoms with Gasteiger partial charge in [-0.1, -0.05) is 25.4 Å². The smallest absolute Gasteiger partial charge is 0.151 e. The molecule has 3 unspecified atom stereocenters. The van der Waals surface area contributed by atoms with Crippen LogP contribution in [0.2, 0.25) is 5.15 Å². The van der Waals surface area contributed by atoms with E-state index in [-0.39, 0.29) is 0 Å². The second-order valence-electron chi connectivity index (χ2n) is 5.34. The molecule has 1 fully saturated rings. The average Bonchev–Trinajstić information content (AvgIpc) is 2.28. The maximum atomic E-state index is 5.74. The van der Waals surface area contributed by atoms with Crippen LogP contribution in [0.3, 0.4) is 0 Å². The highest BCUT2D eigenvalue weighted by molar-refractivity contribution is 6.29. The molecule has 0 amide bonds. The van der Waals surface area contributed by atoms with E-state index in [1.54, 1.807) is 0 Å².